The smallest absolute Gasteiger partial charge is 0.144 e. The maximum Gasteiger partial charge on any atom is 0.144 e. The van der Waals surface area contributed by atoms with Crippen LogP contribution in [0, 0.1) is 0 Å². The van der Waals surface area contributed by atoms with Crippen LogP contribution in [-0.2, 0) is 5.41 Å². The summed E-state index contributed by atoms with van der Waals surface area (Å²) in [5.41, 5.74) is 12.4. The Balaban J connectivity index is 1.25. The van der Waals surface area contributed by atoms with E-state index in [0.29, 0.717) is 0 Å². The van der Waals surface area contributed by atoms with E-state index in [1.807, 2.05) is 30.6 Å². The molecule has 9 rings (SSSR count). The van der Waals surface area contributed by atoms with Crippen molar-refractivity contribution < 1.29 is 4.42 Å². The average molecular weight is 540 g/mol. The summed E-state index contributed by atoms with van der Waals surface area (Å²) in [6.45, 7) is 4.61. The summed E-state index contributed by atoms with van der Waals surface area (Å²) < 4.78 is 6.64. The first-order valence-electron chi connectivity index (χ1n) is 14.3. The molecule has 0 N–H and O–H groups in total. The summed E-state index contributed by atoms with van der Waals surface area (Å²) in [4.78, 5) is 14.6. The molecule has 0 aliphatic heterocycles. The molecule has 0 bridgehead atoms. The number of hydrogen-bond acceptors (Lipinski definition) is 4. The summed E-state index contributed by atoms with van der Waals surface area (Å²) in [7, 11) is 0. The average Bonchev–Trinajstić information content (AvgIpc) is 3.53. The number of para-hydroxylation sites is 1. The molecule has 0 atom stereocenters. The summed E-state index contributed by atoms with van der Waals surface area (Å²) in [5, 5.41) is 4.40. The van der Waals surface area contributed by atoms with Gasteiger partial charge in [-0.25, -0.2) is 4.98 Å². The Hall–Kier alpha value is -5.35. The molecule has 1 aliphatic carbocycles. The lowest BCUT2D eigenvalue weighted by molar-refractivity contribution is 0.653. The Bertz CT molecular complexity index is 2380. The summed E-state index contributed by atoms with van der Waals surface area (Å²) in [5.74, 6) is 0. The Morgan fingerprint density at radius 1 is 0.643 bits per heavy atom. The van der Waals surface area contributed by atoms with E-state index in [0.717, 1.165) is 66.3 Å². The van der Waals surface area contributed by atoms with E-state index in [1.54, 1.807) is 0 Å². The highest BCUT2D eigenvalue weighted by Gasteiger charge is 2.38. The van der Waals surface area contributed by atoms with Crippen LogP contribution in [0.2, 0.25) is 0 Å². The van der Waals surface area contributed by atoms with Gasteiger partial charge in [0.2, 0.25) is 0 Å². The number of fused-ring (bicyclic) bond motifs is 10. The molecule has 4 heteroatoms. The third-order valence-corrected chi connectivity index (χ3v) is 8.96. The molecule has 42 heavy (non-hydrogen) atoms. The van der Waals surface area contributed by atoms with Gasteiger partial charge in [0.05, 0.1) is 22.4 Å². The van der Waals surface area contributed by atoms with Crippen molar-refractivity contribution in [2.24, 2.45) is 0 Å². The predicted octanol–water partition coefficient (Wildman–Crippen LogP) is 9.72. The number of nitrogens with zero attached hydrogens (tertiary/aromatic N) is 3. The highest BCUT2D eigenvalue weighted by Crippen LogP contribution is 2.54. The molecule has 4 aromatic heterocycles. The second-order valence-corrected chi connectivity index (χ2v) is 11.7. The van der Waals surface area contributed by atoms with Crippen LogP contribution in [-0.4, -0.2) is 15.0 Å². The van der Waals surface area contributed by atoms with Gasteiger partial charge in [-0.05, 0) is 52.6 Å². The Labute approximate surface area is 242 Å². The normalized spacial score (nSPS) is 13.7. The number of furan rings is 1. The molecule has 4 nitrogen and oxygen atoms in total. The lowest BCUT2D eigenvalue weighted by atomic mass is 9.81. The van der Waals surface area contributed by atoms with Crippen molar-refractivity contribution in [3.8, 4) is 33.6 Å². The Morgan fingerprint density at radius 3 is 2.31 bits per heavy atom. The second-order valence-electron chi connectivity index (χ2n) is 11.7. The van der Waals surface area contributed by atoms with Crippen LogP contribution >= 0.6 is 0 Å². The molecule has 4 heterocycles. The van der Waals surface area contributed by atoms with Gasteiger partial charge < -0.3 is 4.42 Å². The van der Waals surface area contributed by atoms with E-state index in [2.05, 4.69) is 104 Å². The van der Waals surface area contributed by atoms with Gasteiger partial charge in [-0.3, -0.25) is 9.97 Å². The van der Waals surface area contributed by atoms with Crippen molar-refractivity contribution in [1.82, 2.24) is 15.0 Å². The van der Waals surface area contributed by atoms with Crippen molar-refractivity contribution in [3.63, 3.8) is 0 Å². The van der Waals surface area contributed by atoms with E-state index in [9.17, 15) is 0 Å². The monoisotopic (exact) mass is 539 g/mol. The first-order valence-corrected chi connectivity index (χ1v) is 14.3. The van der Waals surface area contributed by atoms with Crippen molar-refractivity contribution >= 4 is 43.7 Å². The number of aromatic nitrogens is 3. The van der Waals surface area contributed by atoms with Gasteiger partial charge in [0.25, 0.3) is 0 Å². The van der Waals surface area contributed by atoms with Crippen LogP contribution in [0.3, 0.4) is 0 Å². The zero-order valence-electron chi connectivity index (χ0n) is 23.2. The lowest BCUT2D eigenvalue weighted by Gasteiger charge is -2.22. The van der Waals surface area contributed by atoms with Crippen molar-refractivity contribution in [2.75, 3.05) is 0 Å². The first-order chi connectivity index (χ1) is 20.6. The lowest BCUT2D eigenvalue weighted by Crippen LogP contribution is -2.15. The molecular weight excluding hydrogens is 514 g/mol. The Morgan fingerprint density at radius 2 is 1.43 bits per heavy atom. The minimum absolute atomic E-state index is 0.146. The molecule has 198 valence electrons. The molecule has 0 fully saturated rings. The summed E-state index contributed by atoms with van der Waals surface area (Å²) in [6, 6.07) is 36.0. The third kappa shape index (κ3) is 3.15. The number of pyridine rings is 3. The van der Waals surface area contributed by atoms with Gasteiger partial charge in [0, 0.05) is 50.5 Å². The van der Waals surface area contributed by atoms with Crippen molar-refractivity contribution in [3.05, 3.63) is 127 Å². The molecule has 0 radical (unpaired) electrons. The van der Waals surface area contributed by atoms with Crippen LogP contribution in [0.15, 0.2) is 120 Å². The van der Waals surface area contributed by atoms with E-state index in [-0.39, 0.29) is 5.41 Å². The molecule has 0 saturated heterocycles. The van der Waals surface area contributed by atoms with Gasteiger partial charge in [-0.1, -0.05) is 86.6 Å². The van der Waals surface area contributed by atoms with E-state index >= 15 is 0 Å². The van der Waals surface area contributed by atoms with E-state index < -0.39 is 0 Å². The van der Waals surface area contributed by atoms with Gasteiger partial charge >= 0.3 is 0 Å². The standard InChI is InChI=1S/C38H25N3O/c1-38(2)28-11-5-3-9-25(28)34-29(38)20-27(33-26-10-4-6-12-32(26)42-37(33)34)24-16-17-30(40-21-24)31-18-15-23-14-13-22-8-7-19-39-35(22)36(23)41-31/h3-21H,1-2H3. The van der Waals surface area contributed by atoms with Gasteiger partial charge in [-0.2, -0.15) is 0 Å². The fraction of sp³-hybridized carbons (Fsp3) is 0.0789. The topological polar surface area (TPSA) is 51.8 Å². The predicted molar refractivity (Wildman–Crippen MR) is 171 cm³/mol. The van der Waals surface area contributed by atoms with Crippen LogP contribution in [0.4, 0.5) is 0 Å². The zero-order chi connectivity index (χ0) is 28.0. The van der Waals surface area contributed by atoms with Gasteiger partial charge in [0.15, 0.2) is 0 Å². The molecule has 8 aromatic rings. The largest absolute Gasteiger partial charge is 0.455 e. The first kappa shape index (κ1) is 23.4. The maximum atomic E-state index is 6.64. The number of benzene rings is 4. The number of hydrogen-bond donors (Lipinski definition) is 0. The summed E-state index contributed by atoms with van der Waals surface area (Å²) >= 11 is 0. The third-order valence-electron chi connectivity index (χ3n) is 8.96. The van der Waals surface area contributed by atoms with Crippen LogP contribution < -0.4 is 0 Å². The van der Waals surface area contributed by atoms with Crippen LogP contribution in [0.25, 0.3) is 77.4 Å². The minimum Gasteiger partial charge on any atom is -0.455 e. The Kier molecular flexibility index (Phi) is 4.64. The summed E-state index contributed by atoms with van der Waals surface area (Å²) in [6.07, 6.45) is 3.79. The minimum atomic E-state index is -0.146. The van der Waals surface area contributed by atoms with Crippen LogP contribution in [0.5, 0.6) is 0 Å². The second kappa shape index (κ2) is 8.34. The van der Waals surface area contributed by atoms with Gasteiger partial charge in [0.1, 0.15) is 11.2 Å². The maximum absolute atomic E-state index is 6.64. The quantitative estimate of drug-likeness (QED) is 0.205. The van der Waals surface area contributed by atoms with E-state index in [1.165, 1.54) is 22.3 Å². The highest BCUT2D eigenvalue weighted by atomic mass is 16.3. The SMILES string of the molecule is CC1(C)c2ccccc2-c2c1cc(-c1ccc(-c3ccc4ccc5cccnc5c4n3)nc1)c1c2oc2ccccc21. The molecule has 0 amide bonds. The molecule has 0 spiro atoms. The molecular formula is C38H25N3O. The van der Waals surface area contributed by atoms with Crippen LogP contribution in [0.1, 0.15) is 25.0 Å². The highest BCUT2D eigenvalue weighted by molar-refractivity contribution is 6.18. The molecule has 0 unspecified atom stereocenters. The van der Waals surface area contributed by atoms with Gasteiger partial charge in [-0.15, -0.1) is 0 Å². The van der Waals surface area contributed by atoms with Crippen molar-refractivity contribution in [2.45, 2.75) is 19.3 Å². The van der Waals surface area contributed by atoms with Crippen molar-refractivity contribution in [1.29, 1.82) is 0 Å². The fourth-order valence-electron chi connectivity index (χ4n) is 6.85. The fourth-order valence-corrected chi connectivity index (χ4v) is 6.85. The molecule has 4 aromatic carbocycles. The zero-order valence-corrected chi connectivity index (χ0v) is 23.2. The van der Waals surface area contributed by atoms with E-state index in [4.69, 9.17) is 14.4 Å². The molecule has 1 aliphatic rings. The number of rotatable bonds is 2. The molecule has 0 saturated carbocycles.